The van der Waals surface area contributed by atoms with Crippen molar-refractivity contribution < 1.29 is 37.0 Å². The van der Waals surface area contributed by atoms with E-state index in [9.17, 15) is 18.4 Å². The van der Waals surface area contributed by atoms with Crippen LogP contribution in [-0.4, -0.2) is 30.7 Å². The van der Waals surface area contributed by atoms with Crippen molar-refractivity contribution in [3.63, 3.8) is 0 Å². The Kier molecular flexibility index (Phi) is 9.39. The third kappa shape index (κ3) is 6.70. The molecule has 40 heavy (non-hydrogen) atoms. The van der Waals surface area contributed by atoms with Gasteiger partial charge in [-0.15, -0.1) is 0 Å². The lowest BCUT2D eigenvalue weighted by Gasteiger charge is -2.38. The minimum Gasteiger partial charge on any atom is -0.493 e. The highest BCUT2D eigenvalue weighted by Gasteiger charge is 2.49. The van der Waals surface area contributed by atoms with Gasteiger partial charge in [-0.3, -0.25) is 4.79 Å². The number of nitrogens with zero attached hydrogens (tertiary/aromatic N) is 1. The SMILES string of the molecule is CCCCOc1cc(-c2nc(C(=O)NCc3ccc(F)cc3F)c(C(C)(OC(N)=O)C(C)(C)C)o2)ccc1OC. The van der Waals surface area contributed by atoms with Crippen LogP contribution in [-0.2, 0) is 16.9 Å². The molecule has 0 saturated carbocycles. The lowest BCUT2D eigenvalue weighted by Crippen LogP contribution is -2.44. The van der Waals surface area contributed by atoms with Crippen LogP contribution in [0.25, 0.3) is 11.5 Å². The van der Waals surface area contributed by atoms with Gasteiger partial charge in [0.15, 0.2) is 28.6 Å². The number of aromatic nitrogens is 1. The number of hydrogen-bond donors (Lipinski definition) is 2. The first-order valence-corrected chi connectivity index (χ1v) is 12.8. The molecule has 3 N–H and O–H groups in total. The Morgan fingerprint density at radius 3 is 2.40 bits per heavy atom. The van der Waals surface area contributed by atoms with Crippen molar-refractivity contribution in [1.82, 2.24) is 10.3 Å². The maximum Gasteiger partial charge on any atom is 0.405 e. The molecule has 3 rings (SSSR count). The molecule has 1 aromatic heterocycles. The van der Waals surface area contributed by atoms with Crippen molar-refractivity contribution in [2.24, 2.45) is 11.1 Å². The molecule has 11 heteroatoms. The van der Waals surface area contributed by atoms with E-state index in [1.165, 1.54) is 13.2 Å². The maximum absolute atomic E-state index is 14.2. The van der Waals surface area contributed by atoms with Crippen LogP contribution in [0.2, 0.25) is 0 Å². The Balaban J connectivity index is 2.10. The normalized spacial score (nSPS) is 12.9. The molecule has 0 spiro atoms. The van der Waals surface area contributed by atoms with Crippen molar-refractivity contribution in [3.05, 3.63) is 65.1 Å². The second kappa shape index (κ2) is 12.4. The highest BCUT2D eigenvalue weighted by molar-refractivity contribution is 5.94. The van der Waals surface area contributed by atoms with Crippen molar-refractivity contribution in [1.29, 1.82) is 0 Å². The van der Waals surface area contributed by atoms with Gasteiger partial charge in [-0.2, -0.15) is 0 Å². The predicted molar refractivity (Wildman–Crippen MR) is 144 cm³/mol. The summed E-state index contributed by atoms with van der Waals surface area (Å²) < 4.78 is 50.4. The molecule has 2 aromatic carbocycles. The first kappa shape index (κ1) is 30.4. The number of rotatable bonds is 11. The topological polar surface area (TPSA) is 126 Å². The van der Waals surface area contributed by atoms with E-state index in [1.807, 2.05) is 6.92 Å². The zero-order chi connectivity index (χ0) is 29.7. The van der Waals surface area contributed by atoms with Gasteiger partial charge in [0.1, 0.15) is 11.6 Å². The molecule has 1 unspecified atom stereocenters. The number of carbonyl (C=O) groups excluding carboxylic acids is 2. The first-order valence-electron chi connectivity index (χ1n) is 12.8. The fourth-order valence-corrected chi connectivity index (χ4v) is 3.84. The number of primary amides is 1. The summed E-state index contributed by atoms with van der Waals surface area (Å²) >= 11 is 0. The number of benzene rings is 2. The Hall–Kier alpha value is -4.15. The number of nitrogens with two attached hydrogens (primary N) is 1. The van der Waals surface area contributed by atoms with Crippen LogP contribution >= 0.6 is 0 Å². The van der Waals surface area contributed by atoms with Gasteiger partial charge >= 0.3 is 6.09 Å². The van der Waals surface area contributed by atoms with Crippen LogP contribution in [0.1, 0.15) is 69.3 Å². The Labute approximate surface area is 232 Å². The fraction of sp³-hybridized carbons (Fsp3) is 0.414. The molecule has 0 aliphatic rings. The molecular weight excluding hydrogens is 524 g/mol. The second-order valence-electron chi connectivity index (χ2n) is 10.4. The van der Waals surface area contributed by atoms with Crippen molar-refractivity contribution in [3.8, 4) is 23.0 Å². The van der Waals surface area contributed by atoms with Crippen molar-refractivity contribution >= 4 is 12.0 Å². The lowest BCUT2D eigenvalue weighted by atomic mass is 9.75. The van der Waals surface area contributed by atoms with Crippen LogP contribution in [0.5, 0.6) is 11.5 Å². The third-order valence-electron chi connectivity index (χ3n) is 6.63. The summed E-state index contributed by atoms with van der Waals surface area (Å²) in [6, 6.07) is 8.07. The third-order valence-corrected chi connectivity index (χ3v) is 6.63. The summed E-state index contributed by atoms with van der Waals surface area (Å²) in [6.45, 7) is 9.15. The monoisotopic (exact) mass is 559 g/mol. The van der Waals surface area contributed by atoms with Gasteiger partial charge in [-0.1, -0.05) is 40.2 Å². The van der Waals surface area contributed by atoms with Gasteiger partial charge in [0.25, 0.3) is 5.91 Å². The highest BCUT2D eigenvalue weighted by Crippen LogP contribution is 2.45. The molecule has 0 bridgehead atoms. The summed E-state index contributed by atoms with van der Waals surface area (Å²) in [5, 5.41) is 2.58. The smallest absolute Gasteiger partial charge is 0.405 e. The van der Waals surface area contributed by atoms with Gasteiger partial charge in [-0.05, 0) is 37.6 Å². The minimum absolute atomic E-state index is 0.0413. The Bertz CT molecular complexity index is 1370. The molecule has 0 aliphatic heterocycles. The van der Waals surface area contributed by atoms with Crippen LogP contribution in [0.3, 0.4) is 0 Å². The summed E-state index contributed by atoms with van der Waals surface area (Å²) in [4.78, 5) is 29.8. The maximum atomic E-state index is 14.2. The van der Waals surface area contributed by atoms with Gasteiger partial charge in [0.2, 0.25) is 5.89 Å². The molecule has 9 nitrogen and oxygen atoms in total. The lowest BCUT2D eigenvalue weighted by molar-refractivity contribution is -0.0707. The molecule has 1 heterocycles. The molecule has 3 aromatic rings. The quantitative estimate of drug-likeness (QED) is 0.272. The van der Waals surface area contributed by atoms with E-state index < -0.39 is 34.7 Å². The summed E-state index contributed by atoms with van der Waals surface area (Å²) in [5.41, 5.74) is 3.39. The summed E-state index contributed by atoms with van der Waals surface area (Å²) in [5.74, 6) is -1.34. The van der Waals surface area contributed by atoms with Gasteiger partial charge in [-0.25, -0.2) is 18.6 Å². The molecule has 0 fully saturated rings. The van der Waals surface area contributed by atoms with Crippen LogP contribution in [0.15, 0.2) is 40.8 Å². The van der Waals surface area contributed by atoms with E-state index in [4.69, 9.17) is 24.4 Å². The number of methoxy groups -OCH3 is 1. The molecular formula is C29H35F2N3O6. The molecule has 2 amide bonds. The van der Waals surface area contributed by atoms with E-state index in [0.29, 0.717) is 23.7 Å². The molecule has 0 radical (unpaired) electrons. The average Bonchev–Trinajstić information content (AvgIpc) is 3.33. The minimum atomic E-state index is -1.54. The zero-order valence-corrected chi connectivity index (χ0v) is 23.5. The average molecular weight is 560 g/mol. The van der Waals surface area contributed by atoms with E-state index in [0.717, 1.165) is 25.0 Å². The number of unbranched alkanes of at least 4 members (excludes halogenated alkanes) is 1. The Morgan fingerprint density at radius 1 is 1.07 bits per heavy atom. The second-order valence-corrected chi connectivity index (χ2v) is 10.4. The summed E-state index contributed by atoms with van der Waals surface area (Å²) in [6.07, 6.45) is 0.701. The van der Waals surface area contributed by atoms with E-state index in [-0.39, 0.29) is 29.5 Å². The number of oxazole rings is 1. The van der Waals surface area contributed by atoms with E-state index in [2.05, 4.69) is 10.3 Å². The number of hydrogen-bond acceptors (Lipinski definition) is 7. The number of nitrogens with one attached hydrogen (secondary N) is 1. The van der Waals surface area contributed by atoms with Crippen LogP contribution < -0.4 is 20.5 Å². The molecule has 216 valence electrons. The zero-order valence-electron chi connectivity index (χ0n) is 23.5. The van der Waals surface area contributed by atoms with Crippen LogP contribution in [0.4, 0.5) is 13.6 Å². The molecule has 1 atom stereocenters. The largest absolute Gasteiger partial charge is 0.493 e. The first-order chi connectivity index (χ1) is 18.8. The Morgan fingerprint density at radius 2 is 1.80 bits per heavy atom. The predicted octanol–water partition coefficient (Wildman–Crippen LogP) is 6.09. The standard InChI is InChI=1S/C29H35F2N3O6/c1-7-8-13-38-22-14-17(10-12-21(22)37-6)26-34-23(24(39-26)29(5,28(2,3)4)40-27(32)36)25(35)33-16-18-9-11-19(30)15-20(18)31/h9-12,14-15H,7-8,13,16H2,1-6H3,(H2,32,36)(H,33,35). The van der Waals surface area contributed by atoms with Gasteiger partial charge in [0, 0.05) is 29.2 Å². The summed E-state index contributed by atoms with van der Waals surface area (Å²) in [7, 11) is 1.52. The highest BCUT2D eigenvalue weighted by atomic mass is 19.1. The van der Waals surface area contributed by atoms with Crippen LogP contribution in [0, 0.1) is 17.0 Å². The van der Waals surface area contributed by atoms with Gasteiger partial charge < -0.3 is 29.7 Å². The number of amides is 2. The number of ether oxygens (including phenoxy) is 3. The van der Waals surface area contributed by atoms with Crippen molar-refractivity contribution in [2.75, 3.05) is 13.7 Å². The molecule has 0 aliphatic carbocycles. The fourth-order valence-electron chi connectivity index (χ4n) is 3.84. The van der Waals surface area contributed by atoms with E-state index >= 15 is 0 Å². The van der Waals surface area contributed by atoms with Crippen molar-refractivity contribution in [2.45, 2.75) is 59.6 Å². The number of carbonyl (C=O) groups is 2. The van der Waals surface area contributed by atoms with E-state index in [1.54, 1.807) is 45.9 Å². The molecule has 0 saturated heterocycles. The number of halogens is 2. The van der Waals surface area contributed by atoms with Gasteiger partial charge in [0.05, 0.1) is 13.7 Å².